The normalized spacial score (nSPS) is 16.8. The molecule has 3 nitrogen and oxygen atoms in total. The summed E-state index contributed by atoms with van der Waals surface area (Å²) in [6.07, 6.45) is 2.38. The van der Waals surface area contributed by atoms with Crippen molar-refractivity contribution in [2.24, 2.45) is 0 Å². The van der Waals surface area contributed by atoms with Crippen LogP contribution >= 0.6 is 11.3 Å². The summed E-state index contributed by atoms with van der Waals surface area (Å²) in [6, 6.07) is 8.41. The van der Waals surface area contributed by atoms with E-state index in [0.29, 0.717) is 24.2 Å². The van der Waals surface area contributed by atoms with Crippen molar-refractivity contribution in [2.75, 3.05) is 13.1 Å². The highest BCUT2D eigenvalue weighted by Crippen LogP contribution is 2.28. The number of aromatic nitrogens is 2. The van der Waals surface area contributed by atoms with Crippen molar-refractivity contribution in [1.29, 1.82) is 0 Å². The Kier molecular flexibility index (Phi) is 4.24. The van der Waals surface area contributed by atoms with Crippen LogP contribution < -0.4 is 0 Å². The fourth-order valence-corrected chi connectivity index (χ4v) is 4.05. The second-order valence-electron chi connectivity index (χ2n) is 6.13. The molecule has 2 aromatic heterocycles. The summed E-state index contributed by atoms with van der Waals surface area (Å²) in [5.74, 6) is 0.243. The van der Waals surface area contributed by atoms with E-state index in [0.717, 1.165) is 29.9 Å². The highest BCUT2D eigenvalue weighted by Gasteiger charge is 2.19. The van der Waals surface area contributed by atoms with Crippen molar-refractivity contribution in [3.63, 3.8) is 0 Å². The van der Waals surface area contributed by atoms with Gasteiger partial charge >= 0.3 is 0 Å². The molecular formula is C18H17F2N3S. The van der Waals surface area contributed by atoms with Crippen LogP contribution in [0.3, 0.4) is 0 Å². The molecule has 0 unspecified atom stereocenters. The minimum atomic E-state index is -0.650. The molecule has 1 aliphatic heterocycles. The van der Waals surface area contributed by atoms with Crippen LogP contribution in [0.4, 0.5) is 8.78 Å². The Labute approximate surface area is 143 Å². The molecule has 6 heteroatoms. The molecule has 0 atom stereocenters. The first kappa shape index (κ1) is 15.6. The van der Waals surface area contributed by atoms with Gasteiger partial charge in [-0.25, -0.2) is 18.7 Å². The molecule has 24 heavy (non-hydrogen) atoms. The third-order valence-corrected chi connectivity index (χ3v) is 5.33. The molecule has 1 saturated heterocycles. The summed E-state index contributed by atoms with van der Waals surface area (Å²) < 4.78 is 26.6. The first-order valence-electron chi connectivity index (χ1n) is 8.05. The van der Waals surface area contributed by atoms with Gasteiger partial charge in [0.25, 0.3) is 0 Å². The molecule has 0 saturated carbocycles. The van der Waals surface area contributed by atoms with E-state index in [-0.39, 0.29) is 5.82 Å². The number of likely N-dealkylation sites (tertiary alicyclic amines) is 1. The predicted molar refractivity (Wildman–Crippen MR) is 92.2 cm³/mol. The molecule has 4 rings (SSSR count). The van der Waals surface area contributed by atoms with Gasteiger partial charge in [0.2, 0.25) is 0 Å². The number of halogens is 2. The maximum atomic E-state index is 13.4. The van der Waals surface area contributed by atoms with Crippen LogP contribution in [0, 0.1) is 5.82 Å². The number of rotatable bonds is 3. The molecule has 1 aliphatic rings. The van der Waals surface area contributed by atoms with Crippen molar-refractivity contribution in [2.45, 2.75) is 25.6 Å². The van der Waals surface area contributed by atoms with E-state index in [4.69, 9.17) is 0 Å². The van der Waals surface area contributed by atoms with Crippen LogP contribution in [0.15, 0.2) is 36.5 Å². The lowest BCUT2D eigenvalue weighted by Gasteiger charge is -2.27. The van der Waals surface area contributed by atoms with Crippen LogP contribution in [0.25, 0.3) is 21.6 Å². The Balaban J connectivity index is 1.57. The second-order valence-corrected chi connectivity index (χ2v) is 7.24. The lowest BCUT2D eigenvalue weighted by molar-refractivity contribution is 0.146. The number of thiophene rings is 1. The first-order valence-corrected chi connectivity index (χ1v) is 8.87. The van der Waals surface area contributed by atoms with E-state index in [1.165, 1.54) is 17.0 Å². The summed E-state index contributed by atoms with van der Waals surface area (Å²) in [7, 11) is 0. The van der Waals surface area contributed by atoms with Crippen LogP contribution in [-0.4, -0.2) is 34.1 Å². The highest BCUT2D eigenvalue weighted by molar-refractivity contribution is 7.18. The maximum absolute atomic E-state index is 13.4. The minimum Gasteiger partial charge on any atom is -0.298 e. The van der Waals surface area contributed by atoms with Gasteiger partial charge in [-0.3, -0.25) is 4.90 Å². The third kappa shape index (κ3) is 3.30. The van der Waals surface area contributed by atoms with Crippen LogP contribution in [-0.2, 0) is 6.54 Å². The molecule has 1 fully saturated rings. The number of benzene rings is 1. The molecule has 1 aromatic carbocycles. The Bertz CT molecular complexity index is 856. The second kappa shape index (κ2) is 6.53. The Morgan fingerprint density at radius 3 is 2.83 bits per heavy atom. The Hall–Kier alpha value is -1.92. The number of hydrogen-bond donors (Lipinski definition) is 0. The Morgan fingerprint density at radius 2 is 2.04 bits per heavy atom. The summed E-state index contributed by atoms with van der Waals surface area (Å²) in [6.45, 7) is 2.42. The lowest BCUT2D eigenvalue weighted by atomic mass is 10.1. The third-order valence-electron chi connectivity index (χ3n) is 4.30. The highest BCUT2D eigenvalue weighted by atomic mass is 32.1. The fraction of sp³-hybridized carbons (Fsp3) is 0.333. The van der Waals surface area contributed by atoms with Crippen molar-refractivity contribution >= 4 is 21.6 Å². The summed E-state index contributed by atoms with van der Waals surface area (Å²) in [5, 5.41) is 0.996. The van der Waals surface area contributed by atoms with Gasteiger partial charge < -0.3 is 0 Å². The van der Waals surface area contributed by atoms with E-state index in [9.17, 15) is 8.78 Å². The minimum absolute atomic E-state index is 0.292. The first-order chi connectivity index (χ1) is 11.7. The number of hydrogen-bond acceptors (Lipinski definition) is 4. The van der Waals surface area contributed by atoms with Gasteiger partial charge in [-0.15, -0.1) is 11.3 Å². The standard InChI is InChI=1S/C18H17F2N3S/c19-14-4-6-23(7-5-14)11-16-9-13-10-21-17(22-18(13)24-16)12-2-1-3-15(20)8-12/h1-3,8-10,14H,4-7,11H2. The van der Waals surface area contributed by atoms with Gasteiger partial charge in [0, 0.05) is 41.7 Å². The van der Waals surface area contributed by atoms with E-state index in [1.807, 2.05) is 0 Å². The van der Waals surface area contributed by atoms with E-state index in [1.54, 1.807) is 29.7 Å². The lowest BCUT2D eigenvalue weighted by Crippen LogP contribution is -2.33. The number of nitrogens with zero attached hydrogens (tertiary/aromatic N) is 3. The number of alkyl halides is 1. The SMILES string of the molecule is Fc1cccc(-c2ncc3cc(CN4CCC(F)CC4)sc3n2)c1. The topological polar surface area (TPSA) is 29.0 Å². The van der Waals surface area contributed by atoms with E-state index < -0.39 is 6.17 Å². The molecule has 0 aliphatic carbocycles. The summed E-state index contributed by atoms with van der Waals surface area (Å²) in [4.78, 5) is 13.3. The largest absolute Gasteiger partial charge is 0.298 e. The Morgan fingerprint density at radius 1 is 1.21 bits per heavy atom. The predicted octanol–water partition coefficient (Wildman–Crippen LogP) is 4.43. The monoisotopic (exact) mass is 345 g/mol. The molecule has 0 radical (unpaired) electrons. The fourth-order valence-electron chi connectivity index (χ4n) is 3.01. The van der Waals surface area contributed by atoms with Crippen molar-refractivity contribution < 1.29 is 8.78 Å². The van der Waals surface area contributed by atoms with Gasteiger partial charge in [0.05, 0.1) is 0 Å². The zero-order chi connectivity index (χ0) is 16.5. The average Bonchev–Trinajstić information content (AvgIpc) is 2.98. The molecule has 3 aromatic rings. The number of piperidine rings is 1. The van der Waals surface area contributed by atoms with E-state index >= 15 is 0 Å². The van der Waals surface area contributed by atoms with Crippen LogP contribution in [0.2, 0.25) is 0 Å². The van der Waals surface area contributed by atoms with Crippen LogP contribution in [0.1, 0.15) is 17.7 Å². The maximum Gasteiger partial charge on any atom is 0.160 e. The summed E-state index contributed by atoms with van der Waals surface area (Å²) in [5.41, 5.74) is 0.678. The quantitative estimate of drug-likeness (QED) is 0.703. The molecule has 0 spiro atoms. The van der Waals surface area contributed by atoms with Gasteiger partial charge in [0.1, 0.15) is 16.8 Å². The van der Waals surface area contributed by atoms with Gasteiger partial charge in [-0.1, -0.05) is 12.1 Å². The van der Waals surface area contributed by atoms with Crippen LogP contribution in [0.5, 0.6) is 0 Å². The zero-order valence-corrected chi connectivity index (χ0v) is 13.9. The van der Waals surface area contributed by atoms with Gasteiger partial charge in [-0.05, 0) is 31.0 Å². The van der Waals surface area contributed by atoms with Crippen molar-refractivity contribution in [3.05, 3.63) is 47.2 Å². The average molecular weight is 345 g/mol. The van der Waals surface area contributed by atoms with E-state index in [2.05, 4.69) is 20.9 Å². The smallest absolute Gasteiger partial charge is 0.160 e. The molecule has 124 valence electrons. The molecular weight excluding hydrogens is 328 g/mol. The van der Waals surface area contributed by atoms with Crippen molar-refractivity contribution in [3.8, 4) is 11.4 Å². The van der Waals surface area contributed by atoms with Gasteiger partial charge in [0.15, 0.2) is 5.82 Å². The molecule has 0 N–H and O–H groups in total. The molecule has 0 bridgehead atoms. The molecule has 0 amide bonds. The summed E-state index contributed by atoms with van der Waals surface area (Å²) >= 11 is 1.62. The van der Waals surface area contributed by atoms with Crippen molar-refractivity contribution in [1.82, 2.24) is 14.9 Å². The van der Waals surface area contributed by atoms with Gasteiger partial charge in [-0.2, -0.15) is 0 Å². The molecule has 3 heterocycles. The zero-order valence-electron chi connectivity index (χ0n) is 13.1. The number of fused-ring (bicyclic) bond motifs is 1.